The van der Waals surface area contributed by atoms with Gasteiger partial charge in [0.15, 0.2) is 6.54 Å². The zero-order valence-electron chi connectivity index (χ0n) is 17.3. The second-order valence-corrected chi connectivity index (χ2v) is 7.55. The maximum absolute atomic E-state index is 12.7. The highest BCUT2D eigenvalue weighted by atomic mass is 16.5. The average molecular weight is 421 g/mol. The smallest absolute Gasteiger partial charge is 0.356 e. The van der Waals surface area contributed by atoms with Gasteiger partial charge in [-0.05, 0) is 18.2 Å². The van der Waals surface area contributed by atoms with Crippen LogP contribution in [0.5, 0.6) is 0 Å². The standard InChI is InChI=1S/C23H24N4O4/c1-31-23(30)21-20(17-9-5-6-10-18(17)24-21)25-19(28)15-26-11-13-27(14-12-26)22(29)16-7-3-2-4-8-16/h2-10,24H,11-15H2,1H3,(H,25,28)/p+1. The molecule has 160 valence electrons. The van der Waals surface area contributed by atoms with E-state index in [2.05, 4.69) is 10.3 Å². The Morgan fingerprint density at radius 3 is 2.42 bits per heavy atom. The zero-order valence-corrected chi connectivity index (χ0v) is 17.3. The van der Waals surface area contributed by atoms with Crippen LogP contribution in [0.25, 0.3) is 10.9 Å². The van der Waals surface area contributed by atoms with Crippen LogP contribution in [-0.4, -0.2) is 67.5 Å². The molecule has 8 heteroatoms. The molecule has 0 bridgehead atoms. The monoisotopic (exact) mass is 421 g/mol. The second kappa shape index (κ2) is 9.01. The van der Waals surface area contributed by atoms with Gasteiger partial charge in [-0.1, -0.05) is 36.4 Å². The van der Waals surface area contributed by atoms with Crippen LogP contribution in [0.1, 0.15) is 20.8 Å². The molecule has 0 saturated carbocycles. The molecule has 1 saturated heterocycles. The number of hydrogen-bond acceptors (Lipinski definition) is 4. The summed E-state index contributed by atoms with van der Waals surface area (Å²) < 4.78 is 4.84. The number of esters is 1. The van der Waals surface area contributed by atoms with Crippen LogP contribution in [0.4, 0.5) is 5.69 Å². The number of fused-ring (bicyclic) bond motifs is 1. The summed E-state index contributed by atoms with van der Waals surface area (Å²) in [4.78, 5) is 43.4. The molecule has 2 amide bonds. The number of aromatic amines is 1. The van der Waals surface area contributed by atoms with E-state index < -0.39 is 5.97 Å². The zero-order chi connectivity index (χ0) is 21.8. The molecule has 0 aliphatic carbocycles. The van der Waals surface area contributed by atoms with E-state index in [1.807, 2.05) is 59.5 Å². The number of methoxy groups -OCH3 is 1. The SMILES string of the molecule is COC(=O)c1[nH]c2ccccc2c1NC(=O)C[NH+]1CCN(C(=O)c2ccccc2)CC1. The lowest BCUT2D eigenvalue weighted by molar-refractivity contribution is -0.895. The Morgan fingerprint density at radius 2 is 1.71 bits per heavy atom. The topological polar surface area (TPSA) is 95.9 Å². The van der Waals surface area contributed by atoms with Crippen molar-refractivity contribution in [3.63, 3.8) is 0 Å². The van der Waals surface area contributed by atoms with Crippen LogP contribution < -0.4 is 10.2 Å². The van der Waals surface area contributed by atoms with Crippen molar-refractivity contribution in [2.75, 3.05) is 45.2 Å². The number of ether oxygens (including phenoxy) is 1. The third-order valence-electron chi connectivity index (χ3n) is 5.55. The number of quaternary nitrogens is 1. The molecule has 0 spiro atoms. The maximum Gasteiger partial charge on any atom is 0.356 e. The minimum absolute atomic E-state index is 0.0191. The number of nitrogens with one attached hydrogen (secondary N) is 3. The van der Waals surface area contributed by atoms with Crippen LogP contribution in [0.3, 0.4) is 0 Å². The molecule has 0 atom stereocenters. The van der Waals surface area contributed by atoms with Crippen molar-refractivity contribution in [3.8, 4) is 0 Å². The lowest BCUT2D eigenvalue weighted by Crippen LogP contribution is -3.15. The first-order valence-corrected chi connectivity index (χ1v) is 10.2. The fourth-order valence-corrected chi connectivity index (χ4v) is 3.90. The highest BCUT2D eigenvalue weighted by Gasteiger charge is 2.27. The van der Waals surface area contributed by atoms with Gasteiger partial charge in [0, 0.05) is 16.5 Å². The Balaban J connectivity index is 1.38. The number of carbonyl (C=O) groups excluding carboxylic acids is 3. The number of rotatable bonds is 5. The molecule has 4 rings (SSSR count). The van der Waals surface area contributed by atoms with E-state index in [1.165, 1.54) is 7.11 Å². The van der Waals surface area contributed by atoms with Crippen molar-refractivity contribution in [2.45, 2.75) is 0 Å². The van der Waals surface area contributed by atoms with Gasteiger partial charge in [0.1, 0.15) is 5.69 Å². The van der Waals surface area contributed by atoms with E-state index in [-0.39, 0.29) is 24.1 Å². The lowest BCUT2D eigenvalue weighted by atomic mass is 10.2. The number of H-pyrrole nitrogens is 1. The number of amides is 2. The molecular formula is C23H25N4O4+. The number of hydrogen-bond donors (Lipinski definition) is 3. The van der Waals surface area contributed by atoms with E-state index in [4.69, 9.17) is 4.74 Å². The summed E-state index contributed by atoms with van der Waals surface area (Å²) in [6.45, 7) is 2.81. The van der Waals surface area contributed by atoms with Gasteiger partial charge in [0.2, 0.25) is 0 Å². The maximum atomic E-state index is 12.7. The van der Waals surface area contributed by atoms with Gasteiger partial charge < -0.3 is 24.8 Å². The summed E-state index contributed by atoms with van der Waals surface area (Å²) in [7, 11) is 1.31. The fraction of sp³-hybridized carbons (Fsp3) is 0.261. The summed E-state index contributed by atoms with van der Waals surface area (Å²) in [5.74, 6) is -0.703. The van der Waals surface area contributed by atoms with Gasteiger partial charge in [-0.3, -0.25) is 9.59 Å². The van der Waals surface area contributed by atoms with Gasteiger partial charge in [0.25, 0.3) is 11.8 Å². The third-order valence-corrected chi connectivity index (χ3v) is 5.55. The van der Waals surface area contributed by atoms with E-state index >= 15 is 0 Å². The minimum Gasteiger partial charge on any atom is -0.464 e. The Hall–Kier alpha value is -3.65. The van der Waals surface area contributed by atoms with Crippen molar-refractivity contribution in [1.29, 1.82) is 0 Å². The van der Waals surface area contributed by atoms with Crippen molar-refractivity contribution >= 4 is 34.4 Å². The number of para-hydroxylation sites is 1. The van der Waals surface area contributed by atoms with Crippen LogP contribution in [0, 0.1) is 0 Å². The normalized spacial score (nSPS) is 14.4. The number of benzene rings is 2. The molecule has 3 aromatic rings. The quantitative estimate of drug-likeness (QED) is 0.534. The first kappa shape index (κ1) is 20.6. The molecule has 1 aromatic heterocycles. The van der Waals surface area contributed by atoms with E-state index in [9.17, 15) is 14.4 Å². The number of piperazine rings is 1. The number of nitrogens with zero attached hydrogens (tertiary/aromatic N) is 1. The molecule has 1 fully saturated rings. The molecule has 0 unspecified atom stereocenters. The van der Waals surface area contributed by atoms with Gasteiger partial charge in [-0.25, -0.2) is 4.79 Å². The molecule has 1 aliphatic rings. The van der Waals surface area contributed by atoms with Crippen molar-refractivity contribution in [3.05, 3.63) is 65.9 Å². The molecule has 2 heterocycles. The van der Waals surface area contributed by atoms with Gasteiger partial charge in [0.05, 0.1) is 39.0 Å². The Labute approximate surface area is 179 Å². The number of aromatic nitrogens is 1. The van der Waals surface area contributed by atoms with E-state index in [0.29, 0.717) is 37.4 Å². The number of carbonyl (C=O) groups is 3. The van der Waals surface area contributed by atoms with Crippen LogP contribution in [-0.2, 0) is 9.53 Å². The molecular weight excluding hydrogens is 396 g/mol. The van der Waals surface area contributed by atoms with Crippen LogP contribution >= 0.6 is 0 Å². The van der Waals surface area contributed by atoms with Crippen molar-refractivity contribution in [2.24, 2.45) is 0 Å². The lowest BCUT2D eigenvalue weighted by Gasteiger charge is -2.32. The summed E-state index contributed by atoms with van der Waals surface area (Å²) in [5, 5.41) is 3.64. The molecule has 31 heavy (non-hydrogen) atoms. The van der Waals surface area contributed by atoms with E-state index in [0.717, 1.165) is 15.8 Å². The van der Waals surface area contributed by atoms with Gasteiger partial charge in [-0.15, -0.1) is 0 Å². The average Bonchev–Trinajstić information content (AvgIpc) is 3.17. The molecule has 2 aromatic carbocycles. The highest BCUT2D eigenvalue weighted by Crippen LogP contribution is 2.28. The van der Waals surface area contributed by atoms with Gasteiger partial charge >= 0.3 is 5.97 Å². The van der Waals surface area contributed by atoms with Crippen LogP contribution in [0.2, 0.25) is 0 Å². The van der Waals surface area contributed by atoms with Crippen molar-refractivity contribution < 1.29 is 24.0 Å². The Bertz CT molecular complexity index is 1100. The highest BCUT2D eigenvalue weighted by molar-refractivity contribution is 6.11. The first-order chi connectivity index (χ1) is 15.1. The predicted octanol–water partition coefficient (Wildman–Crippen LogP) is 0.934. The molecule has 1 aliphatic heterocycles. The minimum atomic E-state index is -0.535. The summed E-state index contributed by atoms with van der Waals surface area (Å²) in [6, 6.07) is 16.6. The summed E-state index contributed by atoms with van der Waals surface area (Å²) >= 11 is 0. The molecule has 3 N–H and O–H groups in total. The Morgan fingerprint density at radius 1 is 1.03 bits per heavy atom. The van der Waals surface area contributed by atoms with Crippen molar-refractivity contribution in [1.82, 2.24) is 9.88 Å². The fourth-order valence-electron chi connectivity index (χ4n) is 3.90. The van der Waals surface area contributed by atoms with Gasteiger partial charge in [-0.2, -0.15) is 0 Å². The van der Waals surface area contributed by atoms with E-state index in [1.54, 1.807) is 0 Å². The predicted molar refractivity (Wildman–Crippen MR) is 116 cm³/mol. The second-order valence-electron chi connectivity index (χ2n) is 7.55. The third kappa shape index (κ3) is 4.44. The summed E-state index contributed by atoms with van der Waals surface area (Å²) in [6.07, 6.45) is 0. The largest absolute Gasteiger partial charge is 0.464 e. The molecule has 8 nitrogen and oxygen atoms in total. The number of anilines is 1. The molecule has 0 radical (unpaired) electrons. The van der Waals surface area contributed by atoms with Crippen LogP contribution in [0.15, 0.2) is 54.6 Å². The first-order valence-electron chi connectivity index (χ1n) is 10.2. The summed E-state index contributed by atoms with van der Waals surface area (Å²) in [5.41, 5.74) is 2.09. The Kier molecular flexibility index (Phi) is 5.99.